The quantitative estimate of drug-likeness (QED) is 0.574. The Bertz CT molecular complexity index is 516. The monoisotopic (exact) mass is 302 g/mol. The van der Waals surface area contributed by atoms with Crippen LogP contribution in [0.25, 0.3) is 0 Å². The van der Waals surface area contributed by atoms with Crippen molar-refractivity contribution in [2.24, 2.45) is 5.90 Å². The van der Waals surface area contributed by atoms with Crippen LogP contribution in [0.4, 0.5) is 10.5 Å². The number of hydrogen-bond donors (Lipinski definition) is 3. The lowest BCUT2D eigenvalue weighted by molar-refractivity contribution is 0.0497. The van der Waals surface area contributed by atoms with Crippen molar-refractivity contribution in [2.75, 3.05) is 5.43 Å². The van der Waals surface area contributed by atoms with Crippen LogP contribution in [-0.4, -0.2) is 22.6 Å². The maximum absolute atomic E-state index is 11.5. The van der Waals surface area contributed by atoms with Gasteiger partial charge in [-0.05, 0) is 26.8 Å². The van der Waals surface area contributed by atoms with E-state index < -0.39 is 17.7 Å². The van der Waals surface area contributed by atoms with Gasteiger partial charge in [-0.2, -0.15) is 5.90 Å². The van der Waals surface area contributed by atoms with E-state index in [-0.39, 0.29) is 16.4 Å². The van der Waals surface area contributed by atoms with E-state index in [4.69, 9.17) is 22.2 Å². The molecule has 0 aliphatic rings. The molecule has 0 radical (unpaired) electrons. The Labute approximate surface area is 120 Å². The zero-order valence-corrected chi connectivity index (χ0v) is 11.9. The maximum atomic E-state index is 11.5. The first kappa shape index (κ1) is 16.0. The predicted molar refractivity (Wildman–Crippen MR) is 71.8 cm³/mol. The molecule has 1 aromatic heterocycles. The Morgan fingerprint density at radius 1 is 1.40 bits per heavy atom. The molecule has 0 aromatic carbocycles. The van der Waals surface area contributed by atoms with Crippen molar-refractivity contribution >= 4 is 29.4 Å². The number of hydrazine groups is 1. The Morgan fingerprint density at radius 3 is 2.60 bits per heavy atom. The highest BCUT2D eigenvalue weighted by Gasteiger charge is 2.18. The standard InChI is InChI=1S/C11H15ClN4O4/c1-11(2,3)19-10(18)16-15-7-5-14-8(12)4-6(7)9(17)20-13/h4-5,15H,13H2,1-3H3,(H,16,18). The Kier molecular flexibility index (Phi) is 5.12. The summed E-state index contributed by atoms with van der Waals surface area (Å²) in [5.74, 6) is 3.98. The number of carbonyl (C=O) groups is 2. The van der Waals surface area contributed by atoms with E-state index in [1.807, 2.05) is 0 Å². The van der Waals surface area contributed by atoms with E-state index in [9.17, 15) is 9.59 Å². The molecular formula is C11H15ClN4O4. The van der Waals surface area contributed by atoms with Crippen molar-refractivity contribution in [1.82, 2.24) is 10.4 Å². The molecule has 4 N–H and O–H groups in total. The lowest BCUT2D eigenvalue weighted by atomic mass is 10.2. The van der Waals surface area contributed by atoms with Crippen molar-refractivity contribution in [3.63, 3.8) is 0 Å². The molecule has 0 fully saturated rings. The van der Waals surface area contributed by atoms with Gasteiger partial charge in [0, 0.05) is 0 Å². The van der Waals surface area contributed by atoms with Gasteiger partial charge < -0.3 is 9.57 Å². The number of hydrogen-bond acceptors (Lipinski definition) is 7. The number of aromatic nitrogens is 1. The van der Waals surface area contributed by atoms with Crippen LogP contribution in [0.2, 0.25) is 5.15 Å². The zero-order chi connectivity index (χ0) is 15.3. The zero-order valence-electron chi connectivity index (χ0n) is 11.2. The number of nitrogens with zero attached hydrogens (tertiary/aromatic N) is 1. The number of anilines is 1. The van der Waals surface area contributed by atoms with Gasteiger partial charge in [0.2, 0.25) is 0 Å². The van der Waals surface area contributed by atoms with Gasteiger partial charge >= 0.3 is 12.1 Å². The largest absolute Gasteiger partial charge is 0.443 e. The fourth-order valence-electron chi connectivity index (χ4n) is 1.18. The van der Waals surface area contributed by atoms with Gasteiger partial charge in [0.15, 0.2) is 0 Å². The van der Waals surface area contributed by atoms with Crippen molar-refractivity contribution in [1.29, 1.82) is 0 Å². The molecule has 0 spiro atoms. The van der Waals surface area contributed by atoms with Crippen LogP contribution in [-0.2, 0) is 9.57 Å². The molecule has 20 heavy (non-hydrogen) atoms. The third-order valence-electron chi connectivity index (χ3n) is 1.90. The van der Waals surface area contributed by atoms with Crippen molar-refractivity contribution in [3.8, 4) is 0 Å². The fourth-order valence-corrected chi connectivity index (χ4v) is 1.34. The summed E-state index contributed by atoms with van der Waals surface area (Å²) in [6, 6.07) is 1.25. The normalized spacial score (nSPS) is 10.7. The van der Waals surface area contributed by atoms with Crippen LogP contribution in [0.15, 0.2) is 12.3 Å². The highest BCUT2D eigenvalue weighted by atomic mass is 35.5. The van der Waals surface area contributed by atoms with Gasteiger partial charge in [0.1, 0.15) is 10.8 Å². The number of pyridine rings is 1. The van der Waals surface area contributed by atoms with Crippen molar-refractivity contribution in [3.05, 3.63) is 23.0 Å². The molecule has 0 bridgehead atoms. The van der Waals surface area contributed by atoms with Crippen LogP contribution in [0.3, 0.4) is 0 Å². The van der Waals surface area contributed by atoms with Gasteiger partial charge in [-0.1, -0.05) is 11.6 Å². The number of rotatable bonds is 3. The summed E-state index contributed by atoms with van der Waals surface area (Å²) in [4.78, 5) is 30.8. The lowest BCUT2D eigenvalue weighted by Gasteiger charge is -2.20. The van der Waals surface area contributed by atoms with Crippen LogP contribution < -0.4 is 16.7 Å². The summed E-state index contributed by atoms with van der Waals surface area (Å²) in [5.41, 5.74) is 4.26. The molecule has 1 amide bonds. The van der Waals surface area contributed by atoms with E-state index in [0.29, 0.717) is 0 Å². The number of halogens is 1. The molecule has 110 valence electrons. The fraction of sp³-hybridized carbons (Fsp3) is 0.364. The summed E-state index contributed by atoms with van der Waals surface area (Å²) < 4.78 is 5.01. The summed E-state index contributed by atoms with van der Waals surface area (Å²) in [7, 11) is 0. The van der Waals surface area contributed by atoms with Crippen LogP contribution in [0, 0.1) is 0 Å². The summed E-state index contributed by atoms with van der Waals surface area (Å²) in [6.45, 7) is 5.15. The summed E-state index contributed by atoms with van der Waals surface area (Å²) in [5, 5.41) is 0.0771. The van der Waals surface area contributed by atoms with E-state index in [2.05, 4.69) is 20.7 Å². The van der Waals surface area contributed by atoms with Crippen molar-refractivity contribution < 1.29 is 19.2 Å². The molecule has 8 nitrogen and oxygen atoms in total. The Hall–Kier alpha value is -2.06. The van der Waals surface area contributed by atoms with Crippen LogP contribution in [0.1, 0.15) is 31.1 Å². The highest BCUT2D eigenvalue weighted by molar-refractivity contribution is 6.29. The highest BCUT2D eigenvalue weighted by Crippen LogP contribution is 2.18. The molecule has 0 aliphatic heterocycles. The average molecular weight is 303 g/mol. The van der Waals surface area contributed by atoms with E-state index in [1.54, 1.807) is 20.8 Å². The molecule has 9 heteroatoms. The summed E-state index contributed by atoms with van der Waals surface area (Å²) in [6.07, 6.45) is 0.519. The molecule has 0 unspecified atom stereocenters. The Balaban J connectivity index is 2.78. The minimum absolute atomic E-state index is 0.0172. The third-order valence-corrected chi connectivity index (χ3v) is 2.10. The molecule has 1 rings (SSSR count). The lowest BCUT2D eigenvalue weighted by Crippen LogP contribution is -2.36. The topological polar surface area (TPSA) is 116 Å². The minimum atomic E-state index is -0.831. The molecule has 0 saturated heterocycles. The van der Waals surface area contributed by atoms with Gasteiger partial charge in [-0.25, -0.2) is 20.0 Å². The molecule has 0 atom stereocenters. The molecule has 1 heterocycles. The van der Waals surface area contributed by atoms with Gasteiger partial charge in [0.05, 0.1) is 17.4 Å². The number of amides is 1. The van der Waals surface area contributed by atoms with Gasteiger partial charge in [-0.3, -0.25) is 5.43 Å². The van der Waals surface area contributed by atoms with E-state index in [1.165, 1.54) is 12.3 Å². The molecule has 1 aromatic rings. The second-order valence-electron chi connectivity index (χ2n) is 4.71. The van der Waals surface area contributed by atoms with Gasteiger partial charge in [-0.15, -0.1) is 0 Å². The number of nitrogens with one attached hydrogen (secondary N) is 2. The molecule has 0 saturated carbocycles. The third kappa shape index (κ3) is 4.90. The van der Waals surface area contributed by atoms with E-state index >= 15 is 0 Å². The number of ether oxygens (including phenoxy) is 1. The SMILES string of the molecule is CC(C)(C)OC(=O)NNc1cnc(Cl)cc1C(=O)ON. The number of carbonyl (C=O) groups excluding carboxylic acids is 2. The first-order chi connectivity index (χ1) is 9.23. The van der Waals surface area contributed by atoms with E-state index in [0.717, 1.165) is 0 Å². The van der Waals surface area contributed by atoms with Crippen LogP contribution >= 0.6 is 11.6 Å². The summed E-state index contributed by atoms with van der Waals surface area (Å²) >= 11 is 5.67. The van der Waals surface area contributed by atoms with Crippen molar-refractivity contribution in [2.45, 2.75) is 26.4 Å². The minimum Gasteiger partial charge on any atom is -0.443 e. The van der Waals surface area contributed by atoms with Crippen LogP contribution in [0.5, 0.6) is 0 Å². The molecular weight excluding hydrogens is 288 g/mol. The Morgan fingerprint density at radius 2 is 2.05 bits per heavy atom. The van der Waals surface area contributed by atoms with Gasteiger partial charge in [0.25, 0.3) is 0 Å². The molecule has 0 aliphatic carbocycles. The number of nitrogens with two attached hydrogens (primary N) is 1. The first-order valence-corrected chi connectivity index (χ1v) is 5.92. The second-order valence-corrected chi connectivity index (χ2v) is 5.10. The predicted octanol–water partition coefficient (Wildman–Crippen LogP) is 1.62. The first-order valence-electron chi connectivity index (χ1n) is 5.54. The average Bonchev–Trinajstić information content (AvgIpc) is 2.34. The maximum Gasteiger partial charge on any atom is 0.426 e. The second kappa shape index (κ2) is 6.40. The smallest absolute Gasteiger partial charge is 0.426 e.